The summed E-state index contributed by atoms with van der Waals surface area (Å²) in [6.07, 6.45) is 0. The van der Waals surface area contributed by atoms with Crippen molar-refractivity contribution in [2.45, 2.75) is 11.8 Å². The smallest absolute Gasteiger partial charge is 0.285 e. The van der Waals surface area contributed by atoms with E-state index in [-0.39, 0.29) is 27.2 Å². The fourth-order valence-corrected chi connectivity index (χ4v) is 5.37. The number of sulfonamides is 1. The summed E-state index contributed by atoms with van der Waals surface area (Å²) in [5, 5.41) is 18.4. The number of halogens is 2. The quantitative estimate of drug-likeness (QED) is 0.277. The number of hydrogen-bond donors (Lipinski definition) is 2. The van der Waals surface area contributed by atoms with Crippen LogP contribution in [0.25, 0.3) is 10.9 Å². The highest BCUT2D eigenvalue weighted by Gasteiger charge is 2.28. The van der Waals surface area contributed by atoms with Gasteiger partial charge in [0.05, 0.1) is 21.1 Å². The molecule has 0 bridgehead atoms. The SMILES string of the molecule is Cc1ccc(S(=O)(=O)N(CC(=O)N=Nc2c(O)[nH]c3ccc(Br)cc23)c2ccccc2Cl)cc1. The maximum atomic E-state index is 13.4. The Morgan fingerprint density at radius 3 is 2.53 bits per heavy atom. The van der Waals surface area contributed by atoms with Crippen LogP contribution in [0.15, 0.2) is 86.3 Å². The van der Waals surface area contributed by atoms with E-state index in [1.165, 1.54) is 24.3 Å². The number of hydrogen-bond acceptors (Lipinski definition) is 5. The van der Waals surface area contributed by atoms with Gasteiger partial charge in [0, 0.05) is 9.86 Å². The lowest BCUT2D eigenvalue weighted by atomic mass is 10.2. The molecule has 0 saturated heterocycles. The molecular formula is C23H18BrClN4O4S. The van der Waals surface area contributed by atoms with Crippen molar-refractivity contribution in [2.75, 3.05) is 10.8 Å². The van der Waals surface area contributed by atoms with Crippen molar-refractivity contribution >= 4 is 65.7 Å². The molecule has 1 heterocycles. The third kappa shape index (κ3) is 4.84. The zero-order valence-corrected chi connectivity index (χ0v) is 20.9. The number of para-hydroxylation sites is 1. The first-order chi connectivity index (χ1) is 16.2. The monoisotopic (exact) mass is 560 g/mol. The first kappa shape index (κ1) is 23.9. The standard InChI is InChI=1S/C23H18BrClN4O4S/c1-14-6-9-16(10-7-14)34(32,33)29(20-5-3-2-4-18(20)25)13-21(30)27-28-22-17-12-15(24)8-11-19(17)26-23(22)31/h2-12,26,31H,13H2,1H3. The summed E-state index contributed by atoms with van der Waals surface area (Å²) < 4.78 is 28.5. The van der Waals surface area contributed by atoms with Crippen molar-refractivity contribution in [1.29, 1.82) is 0 Å². The Morgan fingerprint density at radius 2 is 1.82 bits per heavy atom. The van der Waals surface area contributed by atoms with E-state index in [2.05, 4.69) is 31.1 Å². The van der Waals surface area contributed by atoms with Gasteiger partial charge in [-0.25, -0.2) is 8.42 Å². The highest BCUT2D eigenvalue weighted by Crippen LogP contribution is 2.37. The maximum Gasteiger partial charge on any atom is 0.285 e. The number of fused-ring (bicyclic) bond motifs is 1. The van der Waals surface area contributed by atoms with Crippen LogP contribution in [0, 0.1) is 6.92 Å². The highest BCUT2D eigenvalue weighted by molar-refractivity contribution is 9.10. The topological polar surface area (TPSA) is 115 Å². The fraction of sp³-hybridized carbons (Fsp3) is 0.0870. The Hall–Kier alpha value is -3.21. The van der Waals surface area contributed by atoms with E-state index < -0.39 is 22.5 Å². The van der Waals surface area contributed by atoms with Gasteiger partial charge in [0.2, 0.25) is 5.88 Å². The molecule has 0 aliphatic carbocycles. The lowest BCUT2D eigenvalue weighted by molar-refractivity contribution is -0.116. The van der Waals surface area contributed by atoms with Crippen LogP contribution in [0.4, 0.5) is 11.4 Å². The van der Waals surface area contributed by atoms with Gasteiger partial charge in [-0.2, -0.15) is 0 Å². The van der Waals surface area contributed by atoms with E-state index in [9.17, 15) is 18.3 Å². The molecule has 174 valence electrons. The minimum absolute atomic E-state index is 0.00174. The number of rotatable bonds is 6. The van der Waals surface area contributed by atoms with Gasteiger partial charge in [-0.3, -0.25) is 9.10 Å². The highest BCUT2D eigenvalue weighted by atomic mass is 79.9. The zero-order chi connectivity index (χ0) is 24.5. The second-order valence-corrected chi connectivity index (χ2v) is 10.6. The number of nitrogens with zero attached hydrogens (tertiary/aromatic N) is 3. The third-order valence-corrected chi connectivity index (χ3v) is 7.57. The van der Waals surface area contributed by atoms with Gasteiger partial charge < -0.3 is 10.1 Å². The van der Waals surface area contributed by atoms with Crippen molar-refractivity contribution in [3.05, 3.63) is 81.8 Å². The largest absolute Gasteiger partial charge is 0.493 e. The number of amides is 1. The number of aromatic hydroxyl groups is 1. The lowest BCUT2D eigenvalue weighted by Gasteiger charge is -2.24. The molecule has 0 spiro atoms. The van der Waals surface area contributed by atoms with Crippen molar-refractivity contribution in [2.24, 2.45) is 10.2 Å². The maximum absolute atomic E-state index is 13.4. The Morgan fingerprint density at radius 1 is 1.12 bits per heavy atom. The summed E-state index contributed by atoms with van der Waals surface area (Å²) in [7, 11) is -4.14. The zero-order valence-electron chi connectivity index (χ0n) is 17.7. The summed E-state index contributed by atoms with van der Waals surface area (Å²) in [6, 6.07) is 17.8. The van der Waals surface area contributed by atoms with Crippen molar-refractivity contribution < 1.29 is 18.3 Å². The van der Waals surface area contributed by atoms with Gasteiger partial charge in [-0.05, 0) is 49.4 Å². The average Bonchev–Trinajstić information content (AvgIpc) is 3.11. The predicted molar refractivity (Wildman–Crippen MR) is 134 cm³/mol. The number of azo groups is 1. The Bertz CT molecular complexity index is 1520. The summed E-state index contributed by atoms with van der Waals surface area (Å²) in [5.41, 5.74) is 1.68. The molecule has 0 aliphatic rings. The molecule has 8 nitrogen and oxygen atoms in total. The van der Waals surface area contributed by atoms with Crippen LogP contribution in [-0.2, 0) is 14.8 Å². The van der Waals surface area contributed by atoms with E-state index in [1.54, 1.807) is 42.5 Å². The molecule has 0 saturated carbocycles. The van der Waals surface area contributed by atoms with E-state index >= 15 is 0 Å². The van der Waals surface area contributed by atoms with Crippen molar-refractivity contribution in [3.63, 3.8) is 0 Å². The second kappa shape index (κ2) is 9.57. The molecule has 11 heteroatoms. The Kier molecular flexibility index (Phi) is 6.74. The molecule has 0 fully saturated rings. The van der Waals surface area contributed by atoms with Gasteiger partial charge in [0.25, 0.3) is 15.9 Å². The number of carbonyl (C=O) groups excluding carboxylic acids is 1. The van der Waals surface area contributed by atoms with Gasteiger partial charge >= 0.3 is 0 Å². The summed E-state index contributed by atoms with van der Waals surface area (Å²) >= 11 is 9.62. The Balaban J connectivity index is 1.69. The number of carbonyl (C=O) groups is 1. The van der Waals surface area contributed by atoms with Crippen LogP contribution in [0.1, 0.15) is 5.56 Å². The summed E-state index contributed by atoms with van der Waals surface area (Å²) in [6.45, 7) is 1.20. The first-order valence-electron chi connectivity index (χ1n) is 9.95. The predicted octanol–water partition coefficient (Wildman–Crippen LogP) is 6.10. The second-order valence-electron chi connectivity index (χ2n) is 7.38. The number of aryl methyl sites for hydroxylation is 1. The molecule has 0 unspecified atom stereocenters. The average molecular weight is 562 g/mol. The molecule has 34 heavy (non-hydrogen) atoms. The van der Waals surface area contributed by atoms with Crippen LogP contribution >= 0.6 is 27.5 Å². The molecule has 4 aromatic rings. The number of H-pyrrole nitrogens is 1. The van der Waals surface area contributed by atoms with Crippen molar-refractivity contribution in [3.8, 4) is 5.88 Å². The van der Waals surface area contributed by atoms with E-state index in [0.717, 1.165) is 14.3 Å². The normalized spacial score (nSPS) is 11.9. The molecule has 2 N–H and O–H groups in total. The molecule has 0 atom stereocenters. The molecule has 3 aromatic carbocycles. The van der Waals surface area contributed by atoms with Crippen molar-refractivity contribution in [1.82, 2.24) is 4.98 Å². The molecular weight excluding hydrogens is 544 g/mol. The number of benzene rings is 3. The molecule has 0 radical (unpaired) electrons. The van der Waals surface area contributed by atoms with Gasteiger partial charge in [0.15, 0.2) is 5.69 Å². The van der Waals surface area contributed by atoms with Gasteiger partial charge in [-0.15, -0.1) is 10.2 Å². The summed E-state index contributed by atoms with van der Waals surface area (Å²) in [4.78, 5) is 15.5. The molecule has 1 amide bonds. The first-order valence-corrected chi connectivity index (χ1v) is 12.6. The summed E-state index contributed by atoms with van der Waals surface area (Å²) in [5.74, 6) is -1.11. The van der Waals surface area contributed by atoms with E-state index in [4.69, 9.17) is 11.6 Å². The number of aromatic nitrogens is 1. The number of aromatic amines is 1. The number of nitrogens with one attached hydrogen (secondary N) is 1. The van der Waals surface area contributed by atoms with E-state index in [1.807, 2.05) is 6.92 Å². The van der Waals surface area contributed by atoms with Crippen LogP contribution < -0.4 is 4.31 Å². The molecule has 1 aromatic heterocycles. The lowest BCUT2D eigenvalue weighted by Crippen LogP contribution is -2.35. The van der Waals surface area contributed by atoms with Crippen LogP contribution in [0.3, 0.4) is 0 Å². The minimum atomic E-state index is -4.14. The van der Waals surface area contributed by atoms with Gasteiger partial charge in [-0.1, -0.05) is 57.4 Å². The van der Waals surface area contributed by atoms with E-state index in [0.29, 0.717) is 10.9 Å². The van der Waals surface area contributed by atoms with Crippen LogP contribution in [0.2, 0.25) is 5.02 Å². The molecule has 4 rings (SSSR count). The Labute approximate surface area is 209 Å². The third-order valence-electron chi connectivity index (χ3n) is 4.98. The van der Waals surface area contributed by atoms with Gasteiger partial charge in [0.1, 0.15) is 6.54 Å². The van der Waals surface area contributed by atoms with Crippen LogP contribution in [-0.4, -0.2) is 31.0 Å². The molecule has 0 aliphatic heterocycles. The van der Waals surface area contributed by atoms with Crippen LogP contribution in [0.5, 0.6) is 5.88 Å². The fourth-order valence-electron chi connectivity index (χ4n) is 3.29. The number of anilines is 1. The minimum Gasteiger partial charge on any atom is -0.493 e.